The highest BCUT2D eigenvalue weighted by Gasteiger charge is 2.23. The molecule has 0 saturated carbocycles. The van der Waals surface area contributed by atoms with E-state index in [2.05, 4.69) is 240 Å². The number of thiophene rings is 4. The predicted octanol–water partition coefficient (Wildman–Crippen LogP) is 22.1. The van der Waals surface area contributed by atoms with Gasteiger partial charge in [-0.05, 0) is 124 Å². The number of para-hydroxylation sites is 3. The summed E-state index contributed by atoms with van der Waals surface area (Å²) in [5, 5.41) is 35.5. The summed E-state index contributed by atoms with van der Waals surface area (Å²) in [4.78, 5) is 0. The molecule has 18 aromatic rings. The Morgan fingerprint density at radius 3 is 1.27 bits per heavy atom. The molecule has 0 aliphatic rings. The van der Waals surface area contributed by atoms with Crippen molar-refractivity contribution in [1.82, 2.24) is 9.13 Å². The van der Waals surface area contributed by atoms with Crippen LogP contribution in [0.3, 0.4) is 0 Å². The van der Waals surface area contributed by atoms with Gasteiger partial charge in [-0.3, -0.25) is 0 Å². The number of aromatic nitrogens is 2. The van der Waals surface area contributed by atoms with Gasteiger partial charge in [0.15, 0.2) is 0 Å². The summed E-state index contributed by atoms with van der Waals surface area (Å²) in [6.07, 6.45) is 0. The van der Waals surface area contributed by atoms with Gasteiger partial charge in [0.25, 0.3) is 0 Å². The minimum Gasteiger partial charge on any atom is -0.308 e. The molecule has 0 amide bonds. The lowest BCUT2D eigenvalue weighted by Gasteiger charge is -2.10. The van der Waals surface area contributed by atoms with E-state index in [9.17, 15) is 10.5 Å². The smallest absolute Gasteiger partial charge is 0.101 e. The highest BCUT2D eigenvalue weighted by atomic mass is 32.1. The second kappa shape index (κ2) is 17.3. The van der Waals surface area contributed by atoms with Crippen LogP contribution in [-0.4, -0.2) is 9.13 Å². The third-order valence-electron chi connectivity index (χ3n) is 17.0. The Hall–Kier alpha value is -9.90. The largest absolute Gasteiger partial charge is 0.308 e. The van der Waals surface area contributed by atoms with E-state index in [0.717, 1.165) is 85.9 Å². The average Bonchev–Trinajstić information content (AvgIpc) is 3.30. The van der Waals surface area contributed by atoms with Crippen LogP contribution < -0.4 is 0 Å². The third-order valence-corrected chi connectivity index (χ3v) is 21.8. The molecule has 8 heteroatoms. The zero-order valence-corrected chi connectivity index (χ0v) is 46.6. The van der Waals surface area contributed by atoms with Gasteiger partial charge < -0.3 is 9.13 Å². The van der Waals surface area contributed by atoms with Crippen molar-refractivity contribution in [2.45, 2.75) is 0 Å². The molecule has 0 N–H and O–H groups in total. The second-order valence-electron chi connectivity index (χ2n) is 21.3. The Kier molecular flexibility index (Phi) is 9.69. The van der Waals surface area contributed by atoms with Crippen LogP contribution in [0.15, 0.2) is 231 Å². The van der Waals surface area contributed by atoms with Gasteiger partial charge in [0.1, 0.15) is 12.1 Å². The lowest BCUT2D eigenvalue weighted by Crippen LogP contribution is -1.94. The summed E-state index contributed by atoms with van der Waals surface area (Å²) in [5.41, 5.74) is 15.1. The fourth-order valence-electron chi connectivity index (χ4n) is 13.4. The summed E-state index contributed by atoms with van der Waals surface area (Å²) >= 11 is 7.11. The van der Waals surface area contributed by atoms with Crippen molar-refractivity contribution in [3.8, 4) is 56.9 Å². The molecule has 0 bridgehead atoms. The maximum atomic E-state index is 10.5. The zero-order chi connectivity index (χ0) is 53.9. The first-order chi connectivity index (χ1) is 40.6. The van der Waals surface area contributed by atoms with Gasteiger partial charge in [-0.2, -0.15) is 10.5 Å². The summed E-state index contributed by atoms with van der Waals surface area (Å²) in [5.74, 6) is 0. The van der Waals surface area contributed by atoms with E-state index in [0.29, 0.717) is 11.1 Å². The van der Waals surface area contributed by atoms with Crippen molar-refractivity contribution in [3.05, 3.63) is 242 Å². The van der Waals surface area contributed by atoms with Crippen LogP contribution in [0, 0.1) is 22.7 Å². The first kappa shape index (κ1) is 45.9. The first-order valence-electron chi connectivity index (χ1n) is 27.2. The Balaban J connectivity index is 0.747. The molecule has 0 aliphatic carbocycles. The lowest BCUT2D eigenvalue weighted by molar-refractivity contribution is 1.20. The number of nitrogens with zero attached hydrogens (tertiary/aromatic N) is 4. The predicted molar refractivity (Wildman–Crippen MR) is 352 cm³/mol. The fraction of sp³-hybridized carbons (Fsp3) is 0. The maximum Gasteiger partial charge on any atom is 0.101 e. The van der Waals surface area contributed by atoms with Crippen LogP contribution in [0.2, 0.25) is 0 Å². The number of fused-ring (bicyclic) bond motifs is 18. The van der Waals surface area contributed by atoms with Gasteiger partial charge in [-0.15, -0.1) is 45.3 Å². The van der Waals surface area contributed by atoms with Crippen LogP contribution in [0.5, 0.6) is 0 Å². The van der Waals surface area contributed by atoms with Gasteiger partial charge in [0.2, 0.25) is 0 Å². The van der Waals surface area contributed by atoms with Crippen molar-refractivity contribution >= 4 is 170 Å². The topological polar surface area (TPSA) is 57.4 Å². The Bertz CT molecular complexity index is 5890. The van der Waals surface area contributed by atoms with Crippen molar-refractivity contribution < 1.29 is 0 Å². The molecular weight excluding hydrogens is 1070 g/mol. The van der Waals surface area contributed by atoms with Crippen molar-refractivity contribution in [3.63, 3.8) is 0 Å². The molecule has 82 heavy (non-hydrogen) atoms. The van der Waals surface area contributed by atoms with Crippen molar-refractivity contribution in [2.24, 2.45) is 0 Å². The Morgan fingerprint density at radius 1 is 0.268 bits per heavy atom. The molecule has 18 rings (SSSR count). The van der Waals surface area contributed by atoms with Crippen LogP contribution >= 0.6 is 45.3 Å². The summed E-state index contributed by atoms with van der Waals surface area (Å²) in [6.45, 7) is 0. The fourth-order valence-corrected chi connectivity index (χ4v) is 18.2. The molecule has 6 heterocycles. The highest BCUT2D eigenvalue weighted by Crippen LogP contribution is 2.50. The number of hydrogen-bond acceptors (Lipinski definition) is 6. The minimum atomic E-state index is 0.696. The summed E-state index contributed by atoms with van der Waals surface area (Å²) in [6, 6.07) is 89.0. The molecule has 0 spiro atoms. The van der Waals surface area contributed by atoms with Crippen LogP contribution in [-0.2, 0) is 0 Å². The van der Waals surface area contributed by atoms with Gasteiger partial charge >= 0.3 is 0 Å². The molecule has 0 radical (unpaired) electrons. The van der Waals surface area contributed by atoms with E-state index in [1.54, 1.807) is 22.7 Å². The molecule has 0 saturated heterocycles. The zero-order valence-electron chi connectivity index (χ0n) is 43.4. The standard InChI is InChI=1S/C74H38N4S4/c75-39-45-24-29-47(43-28-34-66-58(37-43)52-14-4-8-22-65(52)79-66)69-54-15-10-21-64(74(54)81-71(45)69)78-61-19-7-3-13-51(61)56-35-41(26-32-62(56)78)42-27-33-67-57(36-42)53-31-23-44(38-68(53)80-67)48-30-25-46(40-76)72-70(48)55-16-9-20-63(73(55)82-72)77-59-17-5-1-11-49(59)50-12-2-6-18-60(50)77/h1-38H. The molecule has 0 aliphatic heterocycles. The number of hydrogen-bond donors (Lipinski definition) is 0. The highest BCUT2D eigenvalue weighted by molar-refractivity contribution is 7.27. The third kappa shape index (κ3) is 6.43. The first-order valence-corrected chi connectivity index (χ1v) is 30.5. The Labute approximate surface area is 484 Å². The number of nitriles is 2. The quantitative estimate of drug-likeness (QED) is 0.172. The summed E-state index contributed by atoms with van der Waals surface area (Å²) in [7, 11) is 0. The molecule has 378 valence electrons. The van der Waals surface area contributed by atoms with Gasteiger partial charge in [0.05, 0.1) is 63.4 Å². The lowest BCUT2D eigenvalue weighted by atomic mass is 9.96. The molecule has 6 aromatic heterocycles. The van der Waals surface area contributed by atoms with E-state index < -0.39 is 0 Å². The normalized spacial score (nSPS) is 12.1. The molecule has 12 aromatic carbocycles. The van der Waals surface area contributed by atoms with Gasteiger partial charge in [-0.25, -0.2) is 0 Å². The van der Waals surface area contributed by atoms with E-state index in [1.807, 2.05) is 34.8 Å². The minimum absolute atomic E-state index is 0.696. The van der Waals surface area contributed by atoms with Crippen LogP contribution in [0.1, 0.15) is 11.1 Å². The molecule has 0 unspecified atom stereocenters. The second-order valence-corrected chi connectivity index (χ2v) is 25.5. The van der Waals surface area contributed by atoms with Crippen LogP contribution in [0.4, 0.5) is 0 Å². The van der Waals surface area contributed by atoms with E-state index in [4.69, 9.17) is 0 Å². The Morgan fingerprint density at radius 2 is 0.683 bits per heavy atom. The molecule has 0 atom stereocenters. The van der Waals surface area contributed by atoms with Gasteiger partial charge in [-0.1, -0.05) is 140 Å². The SMILES string of the molecule is N#Cc1ccc(-c2ccc3c(c2)sc2ccc(-c4ccc5c(c4)c4ccccc4n5-c4cccc5c4sc4c(C#N)ccc(-c6ccc7sc8ccccc8c7c6)c45)cc23)c2c1sc1c(-n3c4ccccc4c4ccccc43)cccc12. The number of rotatable bonds is 5. The average molecular weight is 1110 g/mol. The van der Waals surface area contributed by atoms with Crippen LogP contribution in [0.25, 0.3) is 169 Å². The van der Waals surface area contributed by atoms with E-state index in [-0.39, 0.29) is 0 Å². The van der Waals surface area contributed by atoms with Crippen molar-refractivity contribution in [1.29, 1.82) is 10.5 Å². The number of benzene rings is 12. The van der Waals surface area contributed by atoms with E-state index in [1.165, 1.54) is 83.2 Å². The molecular formula is C74H38N4S4. The molecule has 0 fully saturated rings. The van der Waals surface area contributed by atoms with Gasteiger partial charge in [0, 0.05) is 83.4 Å². The molecule has 4 nitrogen and oxygen atoms in total. The monoisotopic (exact) mass is 1110 g/mol. The summed E-state index contributed by atoms with van der Waals surface area (Å²) < 4.78 is 14.2. The maximum absolute atomic E-state index is 10.5. The van der Waals surface area contributed by atoms with Crippen molar-refractivity contribution in [2.75, 3.05) is 0 Å². The van der Waals surface area contributed by atoms with E-state index >= 15 is 0 Å².